The molecular weight excluding hydrogens is 178 g/mol. The van der Waals surface area contributed by atoms with Gasteiger partial charge >= 0.3 is 5.97 Å². The normalized spacial score (nSPS) is 19.4. The van der Waals surface area contributed by atoms with E-state index in [0.717, 1.165) is 31.5 Å². The van der Waals surface area contributed by atoms with Gasteiger partial charge in [0, 0.05) is 12.3 Å². The van der Waals surface area contributed by atoms with Crippen LogP contribution in [0.5, 0.6) is 0 Å². The lowest BCUT2D eigenvalue weighted by molar-refractivity contribution is -0.145. The minimum atomic E-state index is -0.145. The number of carbonyl (C=O) groups excluding carboxylic acids is 1. The van der Waals surface area contributed by atoms with Crippen molar-refractivity contribution in [3.05, 3.63) is 0 Å². The maximum atomic E-state index is 11.5. The minimum absolute atomic E-state index is 0.131. The highest BCUT2D eigenvalue weighted by atomic mass is 16.5. The minimum Gasteiger partial charge on any atom is -0.465 e. The number of carbonyl (C=O) groups is 1. The van der Waals surface area contributed by atoms with E-state index in [1.54, 1.807) is 0 Å². The van der Waals surface area contributed by atoms with Crippen molar-refractivity contribution in [1.82, 2.24) is 0 Å². The van der Waals surface area contributed by atoms with Gasteiger partial charge in [-0.25, -0.2) is 0 Å². The lowest BCUT2D eigenvalue weighted by atomic mass is 10.0. The van der Waals surface area contributed by atoms with Crippen LogP contribution >= 0.6 is 0 Å². The zero-order valence-electron chi connectivity index (χ0n) is 9.08. The smallest absolute Gasteiger partial charge is 0.314 e. The van der Waals surface area contributed by atoms with E-state index >= 15 is 0 Å². The Balaban J connectivity index is 2.52. The number of aliphatic imine (C=N–C) groups is 1. The average molecular weight is 197 g/mol. The van der Waals surface area contributed by atoms with Gasteiger partial charge in [-0.2, -0.15) is 0 Å². The van der Waals surface area contributed by atoms with Crippen molar-refractivity contribution in [3.63, 3.8) is 0 Å². The summed E-state index contributed by atoms with van der Waals surface area (Å²) >= 11 is 0. The molecule has 80 valence electrons. The van der Waals surface area contributed by atoms with Gasteiger partial charge in [0.25, 0.3) is 0 Å². The van der Waals surface area contributed by atoms with Crippen LogP contribution in [-0.4, -0.2) is 24.8 Å². The molecule has 0 amide bonds. The predicted octanol–water partition coefficient (Wildman–Crippen LogP) is 2.20. The lowest BCUT2D eigenvalue weighted by Gasteiger charge is -2.12. The maximum absolute atomic E-state index is 11.5. The van der Waals surface area contributed by atoms with Crippen LogP contribution in [0.1, 0.15) is 39.5 Å². The molecule has 0 radical (unpaired) electrons. The molecule has 0 aromatic rings. The van der Waals surface area contributed by atoms with Crippen LogP contribution in [0.3, 0.4) is 0 Å². The van der Waals surface area contributed by atoms with Gasteiger partial charge in [0.15, 0.2) is 0 Å². The van der Waals surface area contributed by atoms with Crippen LogP contribution in [0.15, 0.2) is 4.99 Å². The molecule has 0 saturated heterocycles. The van der Waals surface area contributed by atoms with E-state index in [1.807, 2.05) is 13.8 Å². The Morgan fingerprint density at radius 3 is 3.00 bits per heavy atom. The second-order valence-electron chi connectivity index (χ2n) is 3.66. The molecule has 1 atom stereocenters. The predicted molar refractivity (Wildman–Crippen MR) is 56.6 cm³/mol. The molecule has 3 heteroatoms. The summed E-state index contributed by atoms with van der Waals surface area (Å²) in [6.07, 6.45) is 4.49. The first-order valence-corrected chi connectivity index (χ1v) is 5.45. The highest BCUT2D eigenvalue weighted by Crippen LogP contribution is 2.14. The topological polar surface area (TPSA) is 38.7 Å². The molecular formula is C11H19NO2. The van der Waals surface area contributed by atoms with Crippen molar-refractivity contribution in [2.45, 2.75) is 39.5 Å². The fourth-order valence-corrected chi connectivity index (χ4v) is 1.65. The van der Waals surface area contributed by atoms with E-state index < -0.39 is 0 Å². The molecule has 0 spiro atoms. The van der Waals surface area contributed by atoms with E-state index in [1.165, 1.54) is 6.42 Å². The zero-order valence-corrected chi connectivity index (χ0v) is 9.08. The van der Waals surface area contributed by atoms with Gasteiger partial charge in [0.05, 0.1) is 12.5 Å². The first-order valence-electron chi connectivity index (χ1n) is 5.45. The van der Waals surface area contributed by atoms with Crippen LogP contribution in [-0.2, 0) is 9.53 Å². The van der Waals surface area contributed by atoms with Crippen LogP contribution < -0.4 is 0 Å². The Labute approximate surface area is 85.6 Å². The molecule has 14 heavy (non-hydrogen) atoms. The first-order chi connectivity index (χ1) is 6.75. The molecule has 0 aromatic carbocycles. The molecule has 0 aromatic heterocycles. The van der Waals surface area contributed by atoms with Crippen LogP contribution in [0.25, 0.3) is 0 Å². The molecule has 0 N–H and O–H groups in total. The first kappa shape index (κ1) is 11.2. The van der Waals surface area contributed by atoms with Crippen molar-refractivity contribution in [3.8, 4) is 0 Å². The van der Waals surface area contributed by atoms with Crippen LogP contribution in [0.4, 0.5) is 0 Å². The van der Waals surface area contributed by atoms with Gasteiger partial charge in [0.1, 0.15) is 0 Å². The second-order valence-corrected chi connectivity index (χ2v) is 3.66. The van der Waals surface area contributed by atoms with E-state index in [-0.39, 0.29) is 11.9 Å². The van der Waals surface area contributed by atoms with Gasteiger partial charge < -0.3 is 4.74 Å². The Kier molecular flexibility index (Phi) is 4.63. The number of hydrogen-bond acceptors (Lipinski definition) is 3. The molecule has 0 fully saturated rings. The Bertz CT molecular complexity index is 223. The molecule has 1 rings (SSSR count). The fourth-order valence-electron chi connectivity index (χ4n) is 1.65. The quantitative estimate of drug-likeness (QED) is 0.650. The Morgan fingerprint density at radius 2 is 2.29 bits per heavy atom. The van der Waals surface area contributed by atoms with Crippen molar-refractivity contribution >= 4 is 11.7 Å². The maximum Gasteiger partial charge on any atom is 0.314 e. The number of esters is 1. The molecule has 1 aliphatic heterocycles. The summed E-state index contributed by atoms with van der Waals surface area (Å²) in [7, 11) is 0. The summed E-state index contributed by atoms with van der Waals surface area (Å²) < 4.78 is 4.98. The Hall–Kier alpha value is -0.860. The molecule has 1 unspecified atom stereocenters. The number of nitrogens with zero attached hydrogens (tertiary/aromatic N) is 1. The van der Waals surface area contributed by atoms with Crippen molar-refractivity contribution < 1.29 is 9.53 Å². The molecule has 0 bridgehead atoms. The third-order valence-corrected chi connectivity index (χ3v) is 2.55. The summed E-state index contributed by atoms with van der Waals surface area (Å²) in [5.41, 5.74) is 1.03. The third-order valence-electron chi connectivity index (χ3n) is 2.55. The van der Waals surface area contributed by atoms with E-state index in [2.05, 4.69) is 4.99 Å². The van der Waals surface area contributed by atoms with Crippen molar-refractivity contribution in [1.29, 1.82) is 0 Å². The monoisotopic (exact) mass is 197 g/mol. The molecule has 1 aliphatic rings. The van der Waals surface area contributed by atoms with Crippen LogP contribution in [0, 0.1) is 5.92 Å². The summed E-state index contributed by atoms with van der Waals surface area (Å²) in [6, 6.07) is 0. The van der Waals surface area contributed by atoms with Gasteiger partial charge in [-0.3, -0.25) is 9.79 Å². The average Bonchev–Trinajstić information content (AvgIpc) is 2.45. The summed E-state index contributed by atoms with van der Waals surface area (Å²) in [4.78, 5) is 15.9. The molecule has 0 aliphatic carbocycles. The van der Waals surface area contributed by atoms with Gasteiger partial charge in [-0.1, -0.05) is 6.42 Å². The summed E-state index contributed by atoms with van der Waals surface area (Å²) in [5, 5.41) is 0. The molecule has 0 saturated carbocycles. The highest BCUT2D eigenvalue weighted by Gasteiger charge is 2.20. The summed E-state index contributed by atoms with van der Waals surface area (Å²) in [5.74, 6) is -0.277. The summed E-state index contributed by atoms with van der Waals surface area (Å²) in [6.45, 7) is 5.05. The standard InChI is InChI=1S/C11H19NO2/c1-3-14-11(13)9(2)10-7-5-4-6-8-12-10/h9H,3-8H2,1-2H3. The van der Waals surface area contributed by atoms with Crippen LogP contribution in [0.2, 0.25) is 0 Å². The van der Waals surface area contributed by atoms with E-state index in [0.29, 0.717) is 6.61 Å². The SMILES string of the molecule is CCOC(=O)C(C)C1=NCCCCC1. The van der Waals surface area contributed by atoms with Crippen molar-refractivity contribution in [2.75, 3.05) is 13.2 Å². The second kappa shape index (κ2) is 5.78. The third kappa shape index (κ3) is 3.13. The van der Waals surface area contributed by atoms with E-state index in [9.17, 15) is 4.79 Å². The van der Waals surface area contributed by atoms with Gasteiger partial charge in [0.2, 0.25) is 0 Å². The molecule has 3 nitrogen and oxygen atoms in total. The Morgan fingerprint density at radius 1 is 1.50 bits per heavy atom. The van der Waals surface area contributed by atoms with Gasteiger partial charge in [-0.15, -0.1) is 0 Å². The number of hydrogen-bond donors (Lipinski definition) is 0. The van der Waals surface area contributed by atoms with E-state index in [4.69, 9.17) is 4.74 Å². The zero-order chi connectivity index (χ0) is 10.4. The fraction of sp³-hybridized carbons (Fsp3) is 0.818. The lowest BCUT2D eigenvalue weighted by Crippen LogP contribution is -2.23. The van der Waals surface area contributed by atoms with Gasteiger partial charge in [-0.05, 0) is 33.1 Å². The number of rotatable bonds is 3. The molecule has 1 heterocycles. The highest BCUT2D eigenvalue weighted by molar-refractivity contribution is 6.01. The van der Waals surface area contributed by atoms with Crippen molar-refractivity contribution in [2.24, 2.45) is 10.9 Å². The number of ether oxygens (including phenoxy) is 1. The largest absolute Gasteiger partial charge is 0.465 e.